The van der Waals surface area contributed by atoms with Crippen LogP contribution in [-0.4, -0.2) is 23.1 Å². The zero-order valence-electron chi connectivity index (χ0n) is 16.8. The lowest BCUT2D eigenvalue weighted by molar-refractivity contribution is -0.137. The second kappa shape index (κ2) is 10.1. The smallest absolute Gasteiger partial charge is 0.305 e. The zero-order valence-corrected chi connectivity index (χ0v) is 16.8. The average Bonchev–Trinajstić information content (AvgIpc) is 3.21. The minimum absolute atomic E-state index is 0.0591. The Morgan fingerprint density at radius 2 is 1.66 bits per heavy atom. The number of carbonyl (C=O) groups is 2. The Hall–Kier alpha value is -2.82. The Kier molecular flexibility index (Phi) is 7.28. The molecule has 0 heterocycles. The maximum absolute atomic E-state index is 12.6. The molecule has 0 radical (unpaired) electrons. The standard InChI is InChI=1S/C24H29NO4/c1-17(18-7-3-2-4-8-18)15-23(26)25-22(16-24(27)28)19-11-13-21(14-12-19)29-20-9-5-6-10-20/h2-4,7-8,11-14,17,20,22H,5-6,9-10,15-16H2,1H3,(H,25,26)(H,27,28)/t17-,22+/m0/s1. The Bertz CT molecular complexity index is 797. The highest BCUT2D eigenvalue weighted by Crippen LogP contribution is 2.26. The fraction of sp³-hybridized carbons (Fsp3) is 0.417. The van der Waals surface area contributed by atoms with Crippen LogP contribution in [0.25, 0.3) is 0 Å². The lowest BCUT2D eigenvalue weighted by atomic mass is 9.96. The van der Waals surface area contributed by atoms with Gasteiger partial charge in [0.15, 0.2) is 0 Å². The molecule has 1 aliphatic carbocycles. The number of hydrogen-bond acceptors (Lipinski definition) is 3. The second-order valence-corrected chi connectivity index (χ2v) is 7.83. The first kappa shape index (κ1) is 20.9. The number of amides is 1. The van der Waals surface area contributed by atoms with Crippen LogP contribution in [0.1, 0.15) is 68.5 Å². The van der Waals surface area contributed by atoms with E-state index >= 15 is 0 Å². The van der Waals surface area contributed by atoms with Gasteiger partial charge in [0, 0.05) is 6.42 Å². The van der Waals surface area contributed by atoms with Crippen molar-refractivity contribution in [2.24, 2.45) is 0 Å². The second-order valence-electron chi connectivity index (χ2n) is 7.83. The molecule has 2 atom stereocenters. The van der Waals surface area contributed by atoms with Crippen LogP contribution in [0, 0.1) is 0 Å². The molecule has 1 saturated carbocycles. The van der Waals surface area contributed by atoms with E-state index in [2.05, 4.69) is 5.32 Å². The first-order chi connectivity index (χ1) is 14.0. The molecule has 0 saturated heterocycles. The van der Waals surface area contributed by atoms with E-state index in [1.807, 2.05) is 61.5 Å². The molecule has 0 aromatic heterocycles. The molecular weight excluding hydrogens is 366 g/mol. The van der Waals surface area contributed by atoms with Gasteiger partial charge in [0.2, 0.25) is 5.91 Å². The molecule has 154 valence electrons. The van der Waals surface area contributed by atoms with Gasteiger partial charge in [-0.25, -0.2) is 0 Å². The molecule has 0 unspecified atom stereocenters. The third-order valence-electron chi connectivity index (χ3n) is 5.46. The molecule has 1 amide bonds. The van der Waals surface area contributed by atoms with Crippen molar-refractivity contribution in [1.29, 1.82) is 0 Å². The Morgan fingerprint density at radius 1 is 1.00 bits per heavy atom. The summed E-state index contributed by atoms with van der Waals surface area (Å²) in [7, 11) is 0. The van der Waals surface area contributed by atoms with E-state index in [9.17, 15) is 14.7 Å². The van der Waals surface area contributed by atoms with Crippen molar-refractivity contribution in [2.75, 3.05) is 0 Å². The SMILES string of the molecule is C[C@@H](CC(=O)N[C@H](CC(=O)O)c1ccc(OC2CCCC2)cc1)c1ccccc1. The van der Waals surface area contributed by atoms with Crippen molar-refractivity contribution in [3.8, 4) is 5.75 Å². The van der Waals surface area contributed by atoms with Crippen molar-refractivity contribution in [2.45, 2.75) is 63.5 Å². The van der Waals surface area contributed by atoms with E-state index in [-0.39, 0.29) is 24.3 Å². The molecule has 0 bridgehead atoms. The number of aliphatic carboxylic acids is 1. The minimum atomic E-state index is -0.947. The van der Waals surface area contributed by atoms with E-state index in [0.29, 0.717) is 6.42 Å². The average molecular weight is 395 g/mol. The maximum atomic E-state index is 12.6. The highest BCUT2D eigenvalue weighted by atomic mass is 16.5. The molecule has 5 heteroatoms. The lowest BCUT2D eigenvalue weighted by Gasteiger charge is -2.20. The third-order valence-corrected chi connectivity index (χ3v) is 5.46. The summed E-state index contributed by atoms with van der Waals surface area (Å²) in [6.07, 6.45) is 5.00. The van der Waals surface area contributed by atoms with E-state index < -0.39 is 12.0 Å². The van der Waals surface area contributed by atoms with Crippen molar-refractivity contribution in [3.63, 3.8) is 0 Å². The molecule has 0 spiro atoms. The topological polar surface area (TPSA) is 75.6 Å². The molecule has 5 nitrogen and oxygen atoms in total. The van der Waals surface area contributed by atoms with Gasteiger partial charge >= 0.3 is 5.97 Å². The summed E-state index contributed by atoms with van der Waals surface area (Å²) >= 11 is 0. The van der Waals surface area contributed by atoms with Gasteiger partial charge in [-0.2, -0.15) is 0 Å². The van der Waals surface area contributed by atoms with Gasteiger partial charge in [0.25, 0.3) is 0 Å². The summed E-state index contributed by atoms with van der Waals surface area (Å²) in [6, 6.07) is 16.7. The summed E-state index contributed by atoms with van der Waals surface area (Å²) in [4.78, 5) is 23.9. The number of carboxylic acids is 1. The monoisotopic (exact) mass is 395 g/mol. The van der Waals surface area contributed by atoms with Gasteiger partial charge in [-0.05, 0) is 54.9 Å². The molecule has 2 aromatic rings. The molecule has 3 rings (SSSR count). The van der Waals surface area contributed by atoms with Crippen LogP contribution in [0.15, 0.2) is 54.6 Å². The van der Waals surface area contributed by atoms with E-state index in [4.69, 9.17) is 4.74 Å². The lowest BCUT2D eigenvalue weighted by Crippen LogP contribution is -2.30. The number of hydrogen-bond donors (Lipinski definition) is 2. The van der Waals surface area contributed by atoms with Crippen molar-refractivity contribution < 1.29 is 19.4 Å². The van der Waals surface area contributed by atoms with Crippen LogP contribution in [0.5, 0.6) is 5.75 Å². The zero-order chi connectivity index (χ0) is 20.6. The summed E-state index contributed by atoms with van der Waals surface area (Å²) < 4.78 is 5.97. The molecular formula is C24H29NO4. The summed E-state index contributed by atoms with van der Waals surface area (Å²) in [5.74, 6) is -0.251. The largest absolute Gasteiger partial charge is 0.490 e. The van der Waals surface area contributed by atoms with E-state index in [0.717, 1.165) is 29.7 Å². The van der Waals surface area contributed by atoms with Crippen molar-refractivity contribution in [3.05, 3.63) is 65.7 Å². The Morgan fingerprint density at radius 3 is 2.28 bits per heavy atom. The van der Waals surface area contributed by atoms with Crippen LogP contribution in [0.3, 0.4) is 0 Å². The quantitative estimate of drug-likeness (QED) is 0.637. The van der Waals surface area contributed by atoms with Crippen molar-refractivity contribution in [1.82, 2.24) is 5.32 Å². The van der Waals surface area contributed by atoms with Crippen LogP contribution >= 0.6 is 0 Å². The fourth-order valence-corrected chi connectivity index (χ4v) is 3.83. The van der Waals surface area contributed by atoms with Gasteiger partial charge in [-0.1, -0.05) is 49.4 Å². The van der Waals surface area contributed by atoms with E-state index in [1.54, 1.807) is 0 Å². The first-order valence-corrected chi connectivity index (χ1v) is 10.3. The number of carboxylic acid groups (broad SMARTS) is 1. The maximum Gasteiger partial charge on any atom is 0.305 e. The molecule has 0 aliphatic heterocycles. The molecule has 2 aromatic carbocycles. The molecule has 2 N–H and O–H groups in total. The minimum Gasteiger partial charge on any atom is -0.490 e. The van der Waals surface area contributed by atoms with Crippen LogP contribution in [0.2, 0.25) is 0 Å². The van der Waals surface area contributed by atoms with Gasteiger partial charge in [-0.3, -0.25) is 9.59 Å². The van der Waals surface area contributed by atoms with Crippen LogP contribution in [0.4, 0.5) is 0 Å². The highest BCUT2D eigenvalue weighted by Gasteiger charge is 2.21. The number of nitrogens with one attached hydrogen (secondary N) is 1. The third kappa shape index (κ3) is 6.34. The molecule has 1 fully saturated rings. The number of ether oxygens (including phenoxy) is 1. The normalized spacial score (nSPS) is 16.2. The fourth-order valence-electron chi connectivity index (χ4n) is 3.83. The number of rotatable bonds is 9. The van der Waals surface area contributed by atoms with Gasteiger partial charge in [-0.15, -0.1) is 0 Å². The van der Waals surface area contributed by atoms with Crippen LogP contribution in [-0.2, 0) is 9.59 Å². The summed E-state index contributed by atoms with van der Waals surface area (Å²) in [6.45, 7) is 2.00. The Labute approximate surface area is 172 Å². The van der Waals surface area contributed by atoms with Gasteiger partial charge in [0.05, 0.1) is 18.6 Å². The number of benzene rings is 2. The predicted octanol–water partition coefficient (Wildman–Crippen LogP) is 4.83. The van der Waals surface area contributed by atoms with Gasteiger partial charge in [0.1, 0.15) is 5.75 Å². The first-order valence-electron chi connectivity index (χ1n) is 10.3. The van der Waals surface area contributed by atoms with Crippen molar-refractivity contribution >= 4 is 11.9 Å². The highest BCUT2D eigenvalue weighted by molar-refractivity contribution is 5.78. The van der Waals surface area contributed by atoms with E-state index in [1.165, 1.54) is 12.8 Å². The number of carbonyl (C=O) groups excluding carboxylic acids is 1. The summed E-state index contributed by atoms with van der Waals surface area (Å²) in [5.41, 5.74) is 1.86. The Balaban J connectivity index is 1.62. The van der Waals surface area contributed by atoms with Gasteiger partial charge < -0.3 is 15.2 Å². The van der Waals surface area contributed by atoms with Crippen LogP contribution < -0.4 is 10.1 Å². The predicted molar refractivity (Wildman–Crippen MR) is 112 cm³/mol. The molecule has 29 heavy (non-hydrogen) atoms. The summed E-state index contributed by atoms with van der Waals surface area (Å²) in [5, 5.41) is 12.2. The molecule has 1 aliphatic rings.